The average molecular weight is 383 g/mol. The molecule has 1 fully saturated rings. The van der Waals surface area contributed by atoms with E-state index < -0.39 is 0 Å². The van der Waals surface area contributed by atoms with Gasteiger partial charge < -0.3 is 10.1 Å². The molecule has 1 saturated heterocycles. The number of anilines is 1. The molecule has 0 amide bonds. The van der Waals surface area contributed by atoms with Gasteiger partial charge in [-0.2, -0.15) is 0 Å². The number of rotatable bonds is 6. The quantitative estimate of drug-likeness (QED) is 0.696. The van der Waals surface area contributed by atoms with E-state index in [2.05, 4.69) is 64.4 Å². The van der Waals surface area contributed by atoms with Gasteiger partial charge in [-0.3, -0.25) is 4.90 Å². The maximum atomic E-state index is 5.64. The molecule has 1 aliphatic heterocycles. The number of morpholine rings is 1. The van der Waals surface area contributed by atoms with Crippen LogP contribution in [-0.4, -0.2) is 40.7 Å². The molecule has 2 aromatic heterocycles. The number of nitrogens with zero attached hydrogens (tertiary/aromatic N) is 3. The summed E-state index contributed by atoms with van der Waals surface area (Å²) in [6.45, 7) is 8.88. The highest BCUT2D eigenvalue weighted by atomic mass is 32.1. The Hall–Kier alpha value is -2.02. The Balaban J connectivity index is 1.43. The summed E-state index contributed by atoms with van der Waals surface area (Å²) in [7, 11) is 0. The zero-order valence-corrected chi connectivity index (χ0v) is 16.8. The SMILES string of the molecule is CCc1cc2c(NCc3cccc(CN4CCOC(C)C4)c3)ncnc2s1. The lowest BCUT2D eigenvalue weighted by molar-refractivity contribution is -0.0212. The fourth-order valence-electron chi connectivity index (χ4n) is 3.54. The van der Waals surface area contributed by atoms with Crippen molar-refractivity contribution in [2.45, 2.75) is 39.5 Å². The number of ether oxygens (including phenoxy) is 1. The van der Waals surface area contributed by atoms with Crippen molar-refractivity contribution in [1.82, 2.24) is 14.9 Å². The van der Waals surface area contributed by atoms with Crippen LogP contribution in [0.3, 0.4) is 0 Å². The van der Waals surface area contributed by atoms with Crippen molar-refractivity contribution in [3.8, 4) is 0 Å². The van der Waals surface area contributed by atoms with Crippen LogP contribution >= 0.6 is 11.3 Å². The first-order chi connectivity index (χ1) is 13.2. The van der Waals surface area contributed by atoms with Crippen molar-refractivity contribution < 1.29 is 4.74 Å². The normalized spacial score (nSPS) is 18.1. The van der Waals surface area contributed by atoms with Crippen molar-refractivity contribution in [3.05, 3.63) is 52.7 Å². The van der Waals surface area contributed by atoms with Crippen molar-refractivity contribution in [1.29, 1.82) is 0 Å². The van der Waals surface area contributed by atoms with Gasteiger partial charge >= 0.3 is 0 Å². The van der Waals surface area contributed by atoms with E-state index >= 15 is 0 Å². The molecular weight excluding hydrogens is 356 g/mol. The highest BCUT2D eigenvalue weighted by Gasteiger charge is 2.16. The maximum absolute atomic E-state index is 5.64. The van der Waals surface area contributed by atoms with Gasteiger partial charge in [0.2, 0.25) is 0 Å². The van der Waals surface area contributed by atoms with Crippen molar-refractivity contribution >= 4 is 27.4 Å². The largest absolute Gasteiger partial charge is 0.376 e. The molecule has 0 spiro atoms. The molecule has 1 aliphatic rings. The van der Waals surface area contributed by atoms with E-state index in [1.807, 2.05) is 0 Å². The minimum Gasteiger partial charge on any atom is -0.376 e. The summed E-state index contributed by atoms with van der Waals surface area (Å²) in [5.41, 5.74) is 2.62. The zero-order valence-electron chi connectivity index (χ0n) is 15.9. The molecule has 0 aliphatic carbocycles. The summed E-state index contributed by atoms with van der Waals surface area (Å²) in [6.07, 6.45) is 3.00. The summed E-state index contributed by atoms with van der Waals surface area (Å²) in [5.74, 6) is 0.920. The maximum Gasteiger partial charge on any atom is 0.138 e. The van der Waals surface area contributed by atoms with Gasteiger partial charge in [0.05, 0.1) is 18.1 Å². The smallest absolute Gasteiger partial charge is 0.138 e. The zero-order chi connectivity index (χ0) is 18.6. The molecule has 6 heteroatoms. The molecule has 1 atom stereocenters. The molecule has 27 heavy (non-hydrogen) atoms. The number of fused-ring (bicyclic) bond motifs is 1. The Morgan fingerprint density at radius 3 is 3.00 bits per heavy atom. The molecule has 1 unspecified atom stereocenters. The molecule has 1 N–H and O–H groups in total. The average Bonchev–Trinajstić information content (AvgIpc) is 3.11. The van der Waals surface area contributed by atoms with Crippen molar-refractivity contribution in [3.63, 3.8) is 0 Å². The van der Waals surface area contributed by atoms with Crippen LogP contribution in [0.4, 0.5) is 5.82 Å². The molecule has 0 radical (unpaired) electrons. The number of hydrogen-bond donors (Lipinski definition) is 1. The van der Waals surface area contributed by atoms with E-state index in [0.29, 0.717) is 6.10 Å². The Morgan fingerprint density at radius 2 is 2.15 bits per heavy atom. The third kappa shape index (κ3) is 4.46. The predicted octanol–water partition coefficient (Wildman–Crippen LogP) is 4.09. The van der Waals surface area contributed by atoms with Crippen molar-refractivity contribution in [2.24, 2.45) is 0 Å². The van der Waals surface area contributed by atoms with E-state index in [1.165, 1.54) is 16.0 Å². The van der Waals surface area contributed by atoms with Crippen LogP contribution in [0.1, 0.15) is 29.9 Å². The number of thiophene rings is 1. The second-order valence-electron chi connectivity index (χ2n) is 7.10. The van der Waals surface area contributed by atoms with Gasteiger partial charge in [-0.1, -0.05) is 31.2 Å². The third-order valence-corrected chi connectivity index (χ3v) is 6.10. The highest BCUT2D eigenvalue weighted by molar-refractivity contribution is 7.18. The molecule has 0 saturated carbocycles. The molecule has 5 nitrogen and oxygen atoms in total. The number of aryl methyl sites for hydroxylation is 1. The standard InChI is InChI=1S/C21H26N4OS/c1-3-18-10-19-20(23-14-24-21(19)27-18)22-11-16-5-4-6-17(9-16)13-25-7-8-26-15(2)12-25/h4-6,9-10,14-15H,3,7-8,11-13H2,1-2H3,(H,22,23,24). The summed E-state index contributed by atoms with van der Waals surface area (Å²) in [4.78, 5) is 13.7. The van der Waals surface area contributed by atoms with Crippen LogP contribution in [-0.2, 0) is 24.2 Å². The van der Waals surface area contributed by atoms with Crippen LogP contribution in [0, 0.1) is 0 Å². The topological polar surface area (TPSA) is 50.3 Å². The Labute approximate surface area is 164 Å². The Kier molecular flexibility index (Phi) is 5.66. The molecule has 4 rings (SSSR count). The first-order valence-electron chi connectivity index (χ1n) is 9.60. The minimum atomic E-state index is 0.322. The van der Waals surface area contributed by atoms with E-state index in [4.69, 9.17) is 4.74 Å². The van der Waals surface area contributed by atoms with Crippen LogP contribution in [0.2, 0.25) is 0 Å². The summed E-state index contributed by atoms with van der Waals surface area (Å²) < 4.78 is 5.64. The summed E-state index contributed by atoms with van der Waals surface area (Å²) in [6, 6.07) is 11.0. The van der Waals surface area contributed by atoms with E-state index in [1.54, 1.807) is 17.7 Å². The fraction of sp³-hybridized carbons (Fsp3) is 0.429. The first-order valence-corrected chi connectivity index (χ1v) is 10.4. The number of aromatic nitrogens is 2. The Bertz CT molecular complexity index is 910. The lowest BCUT2D eigenvalue weighted by Gasteiger charge is -2.31. The van der Waals surface area contributed by atoms with Crippen molar-refractivity contribution in [2.75, 3.05) is 25.0 Å². The highest BCUT2D eigenvalue weighted by Crippen LogP contribution is 2.28. The molecule has 3 aromatic rings. The molecule has 142 valence electrons. The van der Waals surface area contributed by atoms with E-state index in [9.17, 15) is 0 Å². The lowest BCUT2D eigenvalue weighted by atomic mass is 10.1. The lowest BCUT2D eigenvalue weighted by Crippen LogP contribution is -2.40. The molecule has 3 heterocycles. The summed E-state index contributed by atoms with van der Waals surface area (Å²) >= 11 is 1.75. The van der Waals surface area contributed by atoms with Crippen LogP contribution < -0.4 is 5.32 Å². The number of nitrogens with one attached hydrogen (secondary N) is 1. The molecule has 0 bridgehead atoms. The first kappa shape index (κ1) is 18.3. The van der Waals surface area contributed by atoms with Gasteiger partial charge in [0.25, 0.3) is 0 Å². The fourth-order valence-corrected chi connectivity index (χ4v) is 4.47. The number of hydrogen-bond acceptors (Lipinski definition) is 6. The number of benzene rings is 1. The summed E-state index contributed by atoms with van der Waals surface area (Å²) in [5, 5.41) is 4.62. The van der Waals surface area contributed by atoms with Crippen LogP contribution in [0.5, 0.6) is 0 Å². The van der Waals surface area contributed by atoms with Gasteiger partial charge in [-0.25, -0.2) is 9.97 Å². The van der Waals surface area contributed by atoms with Gasteiger partial charge in [-0.05, 0) is 30.5 Å². The van der Waals surface area contributed by atoms with Gasteiger partial charge in [0.1, 0.15) is 17.0 Å². The second-order valence-corrected chi connectivity index (χ2v) is 8.21. The minimum absolute atomic E-state index is 0.322. The van der Waals surface area contributed by atoms with Gasteiger partial charge in [-0.15, -0.1) is 11.3 Å². The van der Waals surface area contributed by atoms with Gasteiger partial charge in [0, 0.05) is 31.1 Å². The second kappa shape index (κ2) is 8.33. The van der Waals surface area contributed by atoms with Crippen LogP contribution in [0.15, 0.2) is 36.7 Å². The monoisotopic (exact) mass is 382 g/mol. The molecule has 1 aromatic carbocycles. The van der Waals surface area contributed by atoms with Crippen LogP contribution in [0.25, 0.3) is 10.2 Å². The predicted molar refractivity (Wildman–Crippen MR) is 111 cm³/mol. The Morgan fingerprint density at radius 1 is 1.26 bits per heavy atom. The van der Waals surface area contributed by atoms with Gasteiger partial charge in [0.15, 0.2) is 0 Å². The van der Waals surface area contributed by atoms with E-state index in [0.717, 1.165) is 55.2 Å². The third-order valence-electron chi connectivity index (χ3n) is 4.91. The van der Waals surface area contributed by atoms with E-state index in [-0.39, 0.29) is 0 Å². The molecular formula is C21H26N4OS.